The number of hydrogen-bond acceptors (Lipinski definition) is 4. The molecule has 5 rings (SSSR count). The van der Waals surface area contributed by atoms with E-state index in [1.54, 1.807) is 17.2 Å². The van der Waals surface area contributed by atoms with Crippen LogP contribution < -0.4 is 10.2 Å². The van der Waals surface area contributed by atoms with E-state index in [1.165, 1.54) is 6.07 Å². The zero-order chi connectivity index (χ0) is 24.7. The second-order valence-electron chi connectivity index (χ2n) is 10.7. The van der Waals surface area contributed by atoms with Crippen LogP contribution in [0.15, 0.2) is 36.8 Å². The molecule has 35 heavy (non-hydrogen) atoms. The van der Waals surface area contributed by atoms with Gasteiger partial charge in [-0.1, -0.05) is 20.8 Å². The fraction of sp³-hybridized carbons (Fsp3) is 0.481. The van der Waals surface area contributed by atoms with Gasteiger partial charge < -0.3 is 24.3 Å². The van der Waals surface area contributed by atoms with Gasteiger partial charge in [-0.05, 0) is 54.0 Å². The number of fused-ring (bicyclic) bond motifs is 1. The number of rotatable bonds is 3. The lowest BCUT2D eigenvalue weighted by molar-refractivity contribution is 0.123. The Bertz CT molecular complexity index is 1240. The highest BCUT2D eigenvalue weighted by Crippen LogP contribution is 2.35. The van der Waals surface area contributed by atoms with E-state index >= 15 is 0 Å². The van der Waals surface area contributed by atoms with Gasteiger partial charge in [0.25, 0.3) is 0 Å². The Labute approximate surface area is 205 Å². The Hall–Kier alpha value is -3.13. The summed E-state index contributed by atoms with van der Waals surface area (Å²) >= 11 is 0. The van der Waals surface area contributed by atoms with Gasteiger partial charge in [-0.2, -0.15) is 0 Å². The van der Waals surface area contributed by atoms with Crippen LogP contribution in [0.25, 0.3) is 16.8 Å². The van der Waals surface area contributed by atoms with Crippen molar-refractivity contribution in [1.82, 2.24) is 14.3 Å². The Kier molecular flexibility index (Phi) is 6.17. The molecular formula is C27H34FN5O2. The summed E-state index contributed by atoms with van der Waals surface area (Å²) in [6, 6.07) is 5.11. The summed E-state index contributed by atoms with van der Waals surface area (Å²) in [5.74, 6) is 0.00970. The van der Waals surface area contributed by atoms with E-state index in [-0.39, 0.29) is 17.1 Å². The summed E-state index contributed by atoms with van der Waals surface area (Å²) < 4.78 is 22.5. The van der Waals surface area contributed by atoms with Crippen molar-refractivity contribution in [2.24, 2.45) is 11.3 Å². The van der Waals surface area contributed by atoms with Crippen molar-refractivity contribution < 1.29 is 13.9 Å². The van der Waals surface area contributed by atoms with Crippen molar-refractivity contribution in [2.45, 2.75) is 34.1 Å². The van der Waals surface area contributed by atoms with E-state index in [1.807, 2.05) is 23.7 Å². The fourth-order valence-corrected chi connectivity index (χ4v) is 5.12. The zero-order valence-corrected chi connectivity index (χ0v) is 21.0. The van der Waals surface area contributed by atoms with Gasteiger partial charge in [0.1, 0.15) is 5.82 Å². The van der Waals surface area contributed by atoms with Crippen molar-refractivity contribution in [3.05, 3.63) is 48.2 Å². The Morgan fingerprint density at radius 3 is 2.66 bits per heavy atom. The molecule has 0 aliphatic carbocycles. The zero-order valence-electron chi connectivity index (χ0n) is 21.0. The van der Waals surface area contributed by atoms with Crippen molar-refractivity contribution in [3.63, 3.8) is 0 Å². The highest BCUT2D eigenvalue weighted by Gasteiger charge is 2.34. The van der Waals surface area contributed by atoms with Gasteiger partial charge in [-0.25, -0.2) is 14.2 Å². The summed E-state index contributed by atoms with van der Waals surface area (Å²) in [5.41, 5.74) is 4.87. The topological polar surface area (TPSA) is 62.1 Å². The third-order valence-corrected chi connectivity index (χ3v) is 7.39. The minimum atomic E-state index is -0.428. The molecule has 0 bridgehead atoms. The molecule has 0 saturated carbocycles. The number of ether oxygens (including phenoxy) is 1. The third-order valence-electron chi connectivity index (χ3n) is 7.39. The molecule has 0 spiro atoms. The number of aryl methyl sites for hydroxylation is 1. The van der Waals surface area contributed by atoms with Crippen LogP contribution in [0.3, 0.4) is 0 Å². The van der Waals surface area contributed by atoms with Gasteiger partial charge >= 0.3 is 6.03 Å². The molecular weight excluding hydrogens is 445 g/mol. The number of carbonyl (C=O) groups excluding carboxylic acids is 1. The summed E-state index contributed by atoms with van der Waals surface area (Å²) in [6.07, 6.45) is 6.68. The van der Waals surface area contributed by atoms with Crippen LogP contribution in [0.1, 0.15) is 32.8 Å². The molecule has 1 aromatic carbocycles. The third kappa shape index (κ3) is 4.72. The molecule has 2 aromatic heterocycles. The van der Waals surface area contributed by atoms with Crippen LogP contribution in [0.5, 0.6) is 0 Å². The smallest absolute Gasteiger partial charge is 0.321 e. The van der Waals surface area contributed by atoms with Gasteiger partial charge in [0.15, 0.2) is 5.65 Å². The molecule has 186 valence electrons. The number of carbonyl (C=O) groups is 1. The molecule has 1 unspecified atom stereocenters. The van der Waals surface area contributed by atoms with Crippen molar-refractivity contribution >= 4 is 23.1 Å². The van der Waals surface area contributed by atoms with Crippen LogP contribution in [0, 0.1) is 24.1 Å². The number of aromatic nitrogens is 2. The van der Waals surface area contributed by atoms with Crippen LogP contribution in [0.2, 0.25) is 0 Å². The van der Waals surface area contributed by atoms with Gasteiger partial charge in [0, 0.05) is 50.3 Å². The SMILES string of the molecule is Cc1cc(F)c(NC(=O)N2CCC(C(C)(C)C)C2)cc1-c1cc(N2CCOCC2)c2nccn2c1. The molecule has 1 N–H and O–H groups in total. The molecule has 8 heteroatoms. The van der Waals surface area contributed by atoms with Crippen molar-refractivity contribution in [2.75, 3.05) is 49.6 Å². The molecule has 0 radical (unpaired) electrons. The first-order valence-electron chi connectivity index (χ1n) is 12.4. The molecule has 2 aliphatic heterocycles. The number of urea groups is 1. The molecule has 2 amide bonds. The second kappa shape index (κ2) is 9.15. The van der Waals surface area contributed by atoms with Crippen molar-refractivity contribution in [1.29, 1.82) is 0 Å². The number of benzene rings is 1. The maximum Gasteiger partial charge on any atom is 0.321 e. The molecule has 7 nitrogen and oxygen atoms in total. The standard InChI is InChI=1S/C27H34FN5O2/c1-18-13-22(28)23(30-26(34)33-7-5-20(17-33)27(2,3)4)15-21(18)19-14-24(31-9-11-35-12-10-31)25-29-6-8-32(25)16-19/h6,8,13-16,20H,5,7,9-12,17H2,1-4H3,(H,30,34). The van der Waals surface area contributed by atoms with E-state index < -0.39 is 5.82 Å². The lowest BCUT2D eigenvalue weighted by atomic mass is 9.80. The quantitative estimate of drug-likeness (QED) is 0.562. The van der Waals surface area contributed by atoms with Crippen LogP contribution in [-0.4, -0.2) is 59.7 Å². The van der Waals surface area contributed by atoms with E-state index in [2.05, 4.69) is 42.0 Å². The number of likely N-dealkylation sites (tertiary alicyclic amines) is 1. The predicted molar refractivity (Wildman–Crippen MR) is 137 cm³/mol. The van der Waals surface area contributed by atoms with Gasteiger partial charge in [0.2, 0.25) is 0 Å². The van der Waals surface area contributed by atoms with E-state index in [9.17, 15) is 9.18 Å². The van der Waals surface area contributed by atoms with Crippen molar-refractivity contribution in [3.8, 4) is 11.1 Å². The molecule has 1 atom stereocenters. The lowest BCUT2D eigenvalue weighted by Crippen LogP contribution is -2.36. The van der Waals surface area contributed by atoms with E-state index in [4.69, 9.17) is 4.74 Å². The number of anilines is 2. The monoisotopic (exact) mass is 479 g/mol. The number of imidazole rings is 1. The molecule has 2 fully saturated rings. The number of amides is 2. The Balaban J connectivity index is 1.45. The Morgan fingerprint density at radius 1 is 1.17 bits per heavy atom. The lowest BCUT2D eigenvalue weighted by Gasteiger charge is -2.29. The molecule has 2 aliphatic rings. The van der Waals surface area contributed by atoms with E-state index in [0.29, 0.717) is 32.2 Å². The van der Waals surface area contributed by atoms with Crippen LogP contribution in [0.4, 0.5) is 20.6 Å². The number of pyridine rings is 1. The highest BCUT2D eigenvalue weighted by atomic mass is 19.1. The summed E-state index contributed by atoms with van der Waals surface area (Å²) in [6.45, 7) is 12.8. The van der Waals surface area contributed by atoms with Gasteiger partial charge in [-0.15, -0.1) is 0 Å². The first-order chi connectivity index (χ1) is 16.7. The minimum absolute atomic E-state index is 0.140. The molecule has 4 heterocycles. The minimum Gasteiger partial charge on any atom is -0.378 e. The second-order valence-corrected chi connectivity index (χ2v) is 10.7. The first kappa shape index (κ1) is 23.6. The van der Waals surface area contributed by atoms with Gasteiger partial charge in [0.05, 0.1) is 24.6 Å². The molecule has 2 saturated heterocycles. The normalized spacial score (nSPS) is 18.9. The predicted octanol–water partition coefficient (Wildman–Crippen LogP) is 5.19. The Morgan fingerprint density at radius 2 is 1.94 bits per heavy atom. The van der Waals surface area contributed by atoms with Crippen LogP contribution >= 0.6 is 0 Å². The fourth-order valence-electron chi connectivity index (χ4n) is 5.12. The largest absolute Gasteiger partial charge is 0.378 e. The average molecular weight is 480 g/mol. The molecule has 3 aromatic rings. The summed E-state index contributed by atoms with van der Waals surface area (Å²) in [4.78, 5) is 21.6. The average Bonchev–Trinajstić information content (AvgIpc) is 3.50. The number of nitrogens with one attached hydrogen (secondary N) is 1. The highest BCUT2D eigenvalue weighted by molar-refractivity contribution is 5.91. The number of halogens is 1. The number of nitrogens with zero attached hydrogens (tertiary/aromatic N) is 4. The van der Waals surface area contributed by atoms with Crippen LogP contribution in [-0.2, 0) is 4.74 Å². The first-order valence-corrected chi connectivity index (χ1v) is 12.4. The van der Waals surface area contributed by atoms with E-state index in [0.717, 1.165) is 47.5 Å². The summed E-state index contributed by atoms with van der Waals surface area (Å²) in [7, 11) is 0. The number of hydrogen-bond donors (Lipinski definition) is 1. The summed E-state index contributed by atoms with van der Waals surface area (Å²) in [5, 5.41) is 2.84. The maximum absolute atomic E-state index is 15.0. The number of morpholine rings is 1. The van der Waals surface area contributed by atoms with Gasteiger partial charge in [-0.3, -0.25) is 0 Å². The maximum atomic E-state index is 15.0.